The van der Waals surface area contributed by atoms with Crippen molar-refractivity contribution in [2.75, 3.05) is 13.1 Å². The third-order valence-corrected chi connectivity index (χ3v) is 3.90. The van der Waals surface area contributed by atoms with E-state index in [4.69, 9.17) is 38.8 Å². The number of halogens is 5. The summed E-state index contributed by atoms with van der Waals surface area (Å²) in [6.45, 7) is 1.40. The van der Waals surface area contributed by atoms with Gasteiger partial charge in [0.25, 0.3) is 0 Å². The number of aliphatic carboxylic acids is 1. The fraction of sp³-hybridized carbons (Fsp3) is 0.429. The van der Waals surface area contributed by atoms with Gasteiger partial charge in [0.2, 0.25) is 5.91 Å². The van der Waals surface area contributed by atoms with Gasteiger partial charge in [-0.15, -0.1) is 0 Å². The first-order chi connectivity index (χ1) is 11.0. The lowest BCUT2D eigenvalue weighted by Crippen LogP contribution is -2.32. The fourth-order valence-corrected chi connectivity index (χ4v) is 2.27. The first-order valence-corrected chi connectivity index (χ1v) is 7.53. The number of amides is 1. The molecule has 1 atom stereocenters. The van der Waals surface area contributed by atoms with Gasteiger partial charge in [-0.05, 0) is 24.1 Å². The lowest BCUT2D eigenvalue weighted by atomic mass is 10.1. The smallest absolute Gasteiger partial charge is 0.475 e. The van der Waals surface area contributed by atoms with Crippen LogP contribution < -0.4 is 5.73 Å². The molecule has 1 aromatic carbocycles. The van der Waals surface area contributed by atoms with Gasteiger partial charge in [0.05, 0.1) is 16.5 Å². The number of rotatable bonds is 2. The zero-order valence-electron chi connectivity index (χ0n) is 12.3. The van der Waals surface area contributed by atoms with Gasteiger partial charge < -0.3 is 15.7 Å². The van der Waals surface area contributed by atoms with E-state index < -0.39 is 12.1 Å². The summed E-state index contributed by atoms with van der Waals surface area (Å²) in [7, 11) is 0. The summed E-state index contributed by atoms with van der Waals surface area (Å²) >= 11 is 11.7. The minimum absolute atomic E-state index is 0.0938. The van der Waals surface area contributed by atoms with Gasteiger partial charge in [0, 0.05) is 19.1 Å². The lowest BCUT2D eigenvalue weighted by molar-refractivity contribution is -0.192. The largest absolute Gasteiger partial charge is 0.490 e. The molecule has 1 aliphatic rings. The molecule has 1 aromatic rings. The molecule has 3 N–H and O–H groups in total. The molecule has 0 radical (unpaired) electrons. The molecule has 10 heteroatoms. The van der Waals surface area contributed by atoms with Crippen LogP contribution in [0.15, 0.2) is 18.2 Å². The van der Waals surface area contributed by atoms with E-state index in [9.17, 15) is 18.0 Å². The zero-order valence-corrected chi connectivity index (χ0v) is 13.8. The average molecular weight is 387 g/mol. The van der Waals surface area contributed by atoms with Crippen LogP contribution in [0.2, 0.25) is 10.0 Å². The third-order valence-electron chi connectivity index (χ3n) is 3.16. The summed E-state index contributed by atoms with van der Waals surface area (Å²) in [5, 5.41) is 8.11. The maximum atomic E-state index is 12.0. The Morgan fingerprint density at radius 2 is 1.88 bits per heavy atom. The topological polar surface area (TPSA) is 83.6 Å². The summed E-state index contributed by atoms with van der Waals surface area (Å²) in [6, 6.07) is 5.38. The molecule has 0 saturated carbocycles. The van der Waals surface area contributed by atoms with Crippen molar-refractivity contribution >= 4 is 35.1 Å². The van der Waals surface area contributed by atoms with Crippen LogP contribution in [-0.4, -0.2) is 47.2 Å². The van der Waals surface area contributed by atoms with Crippen molar-refractivity contribution in [3.63, 3.8) is 0 Å². The Morgan fingerprint density at radius 3 is 2.29 bits per heavy atom. The van der Waals surface area contributed by atoms with E-state index in [2.05, 4.69) is 0 Å². The van der Waals surface area contributed by atoms with Gasteiger partial charge in [-0.1, -0.05) is 29.3 Å². The highest BCUT2D eigenvalue weighted by molar-refractivity contribution is 6.42. The molecule has 0 unspecified atom stereocenters. The van der Waals surface area contributed by atoms with Gasteiger partial charge in [-0.3, -0.25) is 4.79 Å². The third kappa shape index (κ3) is 6.54. The summed E-state index contributed by atoms with van der Waals surface area (Å²) in [6.07, 6.45) is -3.85. The Balaban J connectivity index is 0.000000351. The number of benzene rings is 1. The molecule has 0 bridgehead atoms. The number of alkyl halides is 3. The summed E-state index contributed by atoms with van der Waals surface area (Å²) in [5.41, 5.74) is 6.65. The molecule has 2 rings (SSSR count). The molecular weight excluding hydrogens is 372 g/mol. The van der Waals surface area contributed by atoms with Crippen LogP contribution in [0.5, 0.6) is 0 Å². The van der Waals surface area contributed by atoms with Gasteiger partial charge in [-0.2, -0.15) is 13.2 Å². The number of likely N-dealkylation sites (tertiary alicyclic amines) is 1. The van der Waals surface area contributed by atoms with Crippen molar-refractivity contribution in [2.24, 2.45) is 5.73 Å². The number of hydrogen-bond donors (Lipinski definition) is 2. The second-order valence-corrected chi connectivity index (χ2v) is 5.93. The molecule has 1 saturated heterocycles. The number of carbonyl (C=O) groups is 2. The monoisotopic (exact) mass is 386 g/mol. The highest BCUT2D eigenvalue weighted by Crippen LogP contribution is 2.23. The molecule has 1 aliphatic heterocycles. The molecule has 1 heterocycles. The molecule has 24 heavy (non-hydrogen) atoms. The fourth-order valence-electron chi connectivity index (χ4n) is 1.95. The first-order valence-electron chi connectivity index (χ1n) is 6.78. The number of carboxylic acids is 1. The molecule has 5 nitrogen and oxygen atoms in total. The van der Waals surface area contributed by atoms with Gasteiger partial charge >= 0.3 is 12.1 Å². The molecule has 134 valence electrons. The standard InChI is InChI=1S/C12H14Cl2N2O.C2HF3O2/c13-10-2-1-8(5-11(10)14)6-12(17)16-4-3-9(15)7-16;3-2(4,5)1(6)7/h1-2,5,9H,3-4,6-7,15H2;(H,6,7)/t9-;/m0./s1. The molecule has 0 aliphatic carbocycles. The second-order valence-electron chi connectivity index (χ2n) is 5.12. The molecular formula is C14H15Cl2F3N2O3. The van der Waals surface area contributed by atoms with Crippen molar-refractivity contribution in [1.82, 2.24) is 4.90 Å². The molecule has 1 amide bonds. The Labute approximate surface area is 146 Å². The Morgan fingerprint density at radius 1 is 1.29 bits per heavy atom. The SMILES string of the molecule is N[C@H]1CCN(C(=O)Cc2ccc(Cl)c(Cl)c2)C1.O=C(O)C(F)(F)F. The summed E-state index contributed by atoms with van der Waals surface area (Å²) in [5.74, 6) is -2.66. The van der Waals surface area contributed by atoms with Crippen LogP contribution in [0, 0.1) is 0 Å². The number of hydrogen-bond acceptors (Lipinski definition) is 3. The van der Waals surface area contributed by atoms with Crippen molar-refractivity contribution in [3.05, 3.63) is 33.8 Å². The van der Waals surface area contributed by atoms with Crippen molar-refractivity contribution in [3.8, 4) is 0 Å². The Bertz CT molecular complexity index is 611. The van der Waals surface area contributed by atoms with Crippen LogP contribution in [0.4, 0.5) is 13.2 Å². The van der Waals surface area contributed by atoms with Crippen molar-refractivity contribution in [1.29, 1.82) is 0 Å². The summed E-state index contributed by atoms with van der Waals surface area (Å²) in [4.78, 5) is 22.6. The molecule has 1 fully saturated rings. The van der Waals surface area contributed by atoms with E-state index in [1.54, 1.807) is 17.0 Å². The van der Waals surface area contributed by atoms with Gasteiger partial charge in [0.1, 0.15) is 0 Å². The average Bonchev–Trinajstić information content (AvgIpc) is 2.89. The van der Waals surface area contributed by atoms with Crippen molar-refractivity contribution < 1.29 is 27.9 Å². The quantitative estimate of drug-likeness (QED) is 0.818. The normalized spacial score (nSPS) is 17.2. The minimum atomic E-state index is -5.08. The molecule has 0 spiro atoms. The van der Waals surface area contributed by atoms with E-state index in [0.29, 0.717) is 23.0 Å². The van der Waals surface area contributed by atoms with Gasteiger partial charge in [0.15, 0.2) is 0 Å². The number of carbonyl (C=O) groups excluding carboxylic acids is 1. The van der Waals surface area contributed by atoms with Crippen LogP contribution in [0.3, 0.4) is 0 Å². The van der Waals surface area contributed by atoms with Crippen LogP contribution in [0.25, 0.3) is 0 Å². The van der Waals surface area contributed by atoms with Crippen LogP contribution >= 0.6 is 23.2 Å². The predicted octanol–water partition coefficient (Wildman–Crippen LogP) is 2.73. The second kappa shape index (κ2) is 8.55. The number of carboxylic acid groups (broad SMARTS) is 1. The summed E-state index contributed by atoms with van der Waals surface area (Å²) < 4.78 is 31.7. The maximum absolute atomic E-state index is 12.0. The molecule has 0 aromatic heterocycles. The Kier molecular flexibility index (Phi) is 7.31. The van der Waals surface area contributed by atoms with E-state index in [-0.39, 0.29) is 11.9 Å². The minimum Gasteiger partial charge on any atom is -0.475 e. The predicted molar refractivity (Wildman–Crippen MR) is 83.0 cm³/mol. The van der Waals surface area contributed by atoms with Crippen molar-refractivity contribution in [2.45, 2.75) is 25.1 Å². The van der Waals surface area contributed by atoms with Crippen LogP contribution in [-0.2, 0) is 16.0 Å². The maximum Gasteiger partial charge on any atom is 0.490 e. The number of nitrogens with two attached hydrogens (primary N) is 1. The Hall–Kier alpha value is -1.51. The van der Waals surface area contributed by atoms with E-state index >= 15 is 0 Å². The van der Waals surface area contributed by atoms with Gasteiger partial charge in [-0.25, -0.2) is 4.79 Å². The highest BCUT2D eigenvalue weighted by atomic mass is 35.5. The first kappa shape index (κ1) is 20.5. The lowest BCUT2D eigenvalue weighted by Gasteiger charge is -2.15. The number of nitrogens with zero attached hydrogens (tertiary/aromatic N) is 1. The van der Waals surface area contributed by atoms with E-state index in [1.807, 2.05) is 6.07 Å². The van der Waals surface area contributed by atoms with Crippen LogP contribution in [0.1, 0.15) is 12.0 Å². The zero-order chi connectivity index (χ0) is 18.5. The van der Waals surface area contributed by atoms with E-state index in [1.165, 1.54) is 0 Å². The van der Waals surface area contributed by atoms with E-state index in [0.717, 1.165) is 18.5 Å². The highest BCUT2D eigenvalue weighted by Gasteiger charge is 2.38.